The van der Waals surface area contributed by atoms with Gasteiger partial charge in [-0.1, -0.05) is 30.2 Å². The number of aliphatic hydroxyl groups is 1. The second-order valence-electron chi connectivity index (χ2n) is 8.48. The maximum Gasteiger partial charge on any atom is 0.178 e. The van der Waals surface area contributed by atoms with Crippen LogP contribution in [-0.4, -0.2) is 23.3 Å². The Kier molecular flexibility index (Phi) is 3.51. The topological polar surface area (TPSA) is 54.4 Å². The Morgan fingerprint density at radius 2 is 2.08 bits per heavy atom. The molecule has 0 amide bonds. The molecule has 0 aromatic rings. The molecule has 4 aliphatic rings. The van der Waals surface area contributed by atoms with E-state index in [1.807, 2.05) is 6.08 Å². The summed E-state index contributed by atoms with van der Waals surface area (Å²) in [6.07, 6.45) is 12.9. The summed E-state index contributed by atoms with van der Waals surface area (Å²) < 4.78 is 0. The summed E-state index contributed by atoms with van der Waals surface area (Å²) in [5.74, 6) is 1.14. The fourth-order valence-corrected chi connectivity index (χ4v) is 6.16. The largest absolute Gasteiger partial charge is 0.389 e. The number of Topliss-reactive ketones (excluding diaryl/α,β-unsaturated/α-hetero) is 1. The normalized spacial score (nSPS) is 43.5. The lowest BCUT2D eigenvalue weighted by atomic mass is 9.52. The van der Waals surface area contributed by atoms with Crippen LogP contribution in [0.4, 0.5) is 0 Å². The summed E-state index contributed by atoms with van der Waals surface area (Å²) >= 11 is 0. The van der Waals surface area contributed by atoms with Crippen LogP contribution in [0, 0.1) is 28.6 Å². The van der Waals surface area contributed by atoms with Gasteiger partial charge in [0.2, 0.25) is 0 Å². The van der Waals surface area contributed by atoms with Gasteiger partial charge in [-0.15, -0.1) is 0 Å². The quantitative estimate of drug-likeness (QED) is 0.791. The molecule has 4 aliphatic carbocycles. The zero-order chi connectivity index (χ0) is 17.1. The van der Waals surface area contributed by atoms with Gasteiger partial charge in [0, 0.05) is 11.3 Å². The number of carbonyl (C=O) groups excluding carboxylic acids is 2. The lowest BCUT2D eigenvalue weighted by Crippen LogP contribution is -2.45. The Bertz CT molecular complexity index is 698. The van der Waals surface area contributed by atoms with E-state index in [4.69, 9.17) is 0 Å². The van der Waals surface area contributed by atoms with Gasteiger partial charge < -0.3 is 5.11 Å². The molecule has 0 radical (unpaired) electrons. The highest BCUT2D eigenvalue weighted by atomic mass is 16.3. The number of fused-ring (bicyclic) bond motifs is 5. The molecule has 0 aliphatic heterocycles. The van der Waals surface area contributed by atoms with E-state index in [1.54, 1.807) is 6.08 Å². The molecular formula is C21H26O3. The van der Waals surface area contributed by atoms with Crippen LogP contribution in [0.15, 0.2) is 35.5 Å². The van der Waals surface area contributed by atoms with E-state index in [9.17, 15) is 14.7 Å². The highest BCUT2D eigenvalue weighted by Gasteiger charge is 2.56. The summed E-state index contributed by atoms with van der Waals surface area (Å²) in [5, 5.41) is 9.34. The number of carbonyl (C=O) groups is 2. The second kappa shape index (κ2) is 5.26. The SMILES string of the molecule is C[C@]12C=CC(=O)C=C1CCC1C2=CC[C@@]2(C)C1CC[C@@H]2C(=O)CO. The molecule has 4 rings (SSSR count). The molecule has 0 saturated heterocycles. The number of aliphatic hydroxyl groups excluding tert-OH is 1. The van der Waals surface area contributed by atoms with Crippen molar-refractivity contribution in [3.05, 3.63) is 35.5 Å². The minimum atomic E-state index is -0.330. The Hall–Kier alpha value is -1.48. The first-order chi connectivity index (χ1) is 11.4. The van der Waals surface area contributed by atoms with Crippen LogP contribution in [0.2, 0.25) is 0 Å². The summed E-state index contributed by atoms with van der Waals surface area (Å²) in [5.41, 5.74) is 2.59. The van der Waals surface area contributed by atoms with E-state index < -0.39 is 0 Å². The zero-order valence-electron chi connectivity index (χ0n) is 14.5. The van der Waals surface area contributed by atoms with Crippen molar-refractivity contribution < 1.29 is 14.7 Å². The van der Waals surface area contributed by atoms with E-state index >= 15 is 0 Å². The third kappa shape index (κ3) is 2.00. The van der Waals surface area contributed by atoms with Gasteiger partial charge >= 0.3 is 0 Å². The molecule has 0 aromatic heterocycles. The first-order valence-corrected chi connectivity index (χ1v) is 9.18. The highest BCUT2D eigenvalue weighted by molar-refractivity contribution is 6.01. The van der Waals surface area contributed by atoms with Gasteiger partial charge in [-0.3, -0.25) is 9.59 Å². The summed E-state index contributed by atoms with van der Waals surface area (Å²) in [4.78, 5) is 24.0. The molecule has 0 spiro atoms. The Morgan fingerprint density at radius 3 is 2.83 bits per heavy atom. The standard InChI is InChI=1S/C21H26O3/c1-20-9-7-14(23)11-13(20)3-4-15-16-5-6-18(19(24)12-22)21(16,2)10-8-17(15)20/h7-9,11,15-16,18,22H,3-6,10,12H2,1-2H3/t15?,16?,18-,20+,21+/m1/s1. The first kappa shape index (κ1) is 16.0. The average molecular weight is 326 g/mol. The molecule has 5 atom stereocenters. The lowest BCUT2D eigenvalue weighted by Gasteiger charge is -2.52. The molecular weight excluding hydrogens is 300 g/mol. The van der Waals surface area contributed by atoms with Crippen molar-refractivity contribution in [3.63, 3.8) is 0 Å². The van der Waals surface area contributed by atoms with Crippen molar-refractivity contribution in [2.75, 3.05) is 6.61 Å². The fraction of sp³-hybridized carbons (Fsp3) is 0.619. The molecule has 128 valence electrons. The van der Waals surface area contributed by atoms with E-state index in [2.05, 4.69) is 26.0 Å². The van der Waals surface area contributed by atoms with Crippen molar-refractivity contribution in [1.82, 2.24) is 0 Å². The van der Waals surface area contributed by atoms with Gasteiger partial charge in [0.25, 0.3) is 0 Å². The van der Waals surface area contributed by atoms with Crippen LogP contribution in [-0.2, 0) is 9.59 Å². The van der Waals surface area contributed by atoms with Crippen molar-refractivity contribution in [2.45, 2.75) is 46.0 Å². The molecule has 0 heterocycles. The van der Waals surface area contributed by atoms with Crippen LogP contribution in [0.5, 0.6) is 0 Å². The highest BCUT2D eigenvalue weighted by Crippen LogP contribution is 2.63. The van der Waals surface area contributed by atoms with E-state index in [0.29, 0.717) is 11.8 Å². The van der Waals surface area contributed by atoms with Crippen molar-refractivity contribution >= 4 is 11.6 Å². The van der Waals surface area contributed by atoms with Crippen LogP contribution >= 0.6 is 0 Å². The van der Waals surface area contributed by atoms with E-state index in [-0.39, 0.29) is 34.9 Å². The summed E-state index contributed by atoms with van der Waals surface area (Å²) in [7, 11) is 0. The fourth-order valence-electron chi connectivity index (χ4n) is 6.16. The monoisotopic (exact) mass is 326 g/mol. The predicted octanol–water partition coefficient (Wildman–Crippen LogP) is 3.39. The number of rotatable bonds is 2. The maximum atomic E-state index is 12.2. The molecule has 2 unspecified atom stereocenters. The van der Waals surface area contributed by atoms with Gasteiger partial charge in [-0.25, -0.2) is 0 Å². The summed E-state index contributed by atoms with van der Waals surface area (Å²) in [6, 6.07) is 0. The molecule has 24 heavy (non-hydrogen) atoms. The third-order valence-electron chi connectivity index (χ3n) is 7.49. The Balaban J connectivity index is 1.73. The number of hydrogen-bond donors (Lipinski definition) is 1. The molecule has 2 saturated carbocycles. The van der Waals surface area contributed by atoms with Gasteiger partial charge in [0.1, 0.15) is 6.61 Å². The van der Waals surface area contributed by atoms with Crippen LogP contribution < -0.4 is 0 Å². The molecule has 2 fully saturated rings. The van der Waals surface area contributed by atoms with Crippen LogP contribution in [0.1, 0.15) is 46.0 Å². The van der Waals surface area contributed by atoms with Gasteiger partial charge in [-0.05, 0) is 68.4 Å². The smallest absolute Gasteiger partial charge is 0.178 e. The van der Waals surface area contributed by atoms with Crippen molar-refractivity contribution in [3.8, 4) is 0 Å². The van der Waals surface area contributed by atoms with Crippen molar-refractivity contribution in [2.24, 2.45) is 28.6 Å². The van der Waals surface area contributed by atoms with Crippen LogP contribution in [0.3, 0.4) is 0 Å². The van der Waals surface area contributed by atoms with E-state index in [0.717, 1.165) is 32.1 Å². The predicted molar refractivity (Wildman–Crippen MR) is 92.2 cm³/mol. The number of hydrogen-bond acceptors (Lipinski definition) is 3. The Labute approximate surface area is 143 Å². The first-order valence-electron chi connectivity index (χ1n) is 9.18. The molecule has 3 nitrogen and oxygen atoms in total. The van der Waals surface area contributed by atoms with Gasteiger partial charge in [0.15, 0.2) is 11.6 Å². The van der Waals surface area contributed by atoms with E-state index in [1.165, 1.54) is 11.1 Å². The minimum absolute atomic E-state index is 0.00137. The second-order valence-corrected chi connectivity index (χ2v) is 8.48. The molecule has 0 bridgehead atoms. The lowest BCUT2D eigenvalue weighted by molar-refractivity contribution is -0.129. The minimum Gasteiger partial charge on any atom is -0.389 e. The van der Waals surface area contributed by atoms with Crippen molar-refractivity contribution in [1.29, 1.82) is 0 Å². The number of allylic oxidation sites excluding steroid dienone is 6. The molecule has 0 aromatic carbocycles. The number of ketones is 2. The molecule has 1 N–H and O–H groups in total. The third-order valence-corrected chi connectivity index (χ3v) is 7.49. The summed E-state index contributed by atoms with van der Waals surface area (Å²) in [6.45, 7) is 4.17. The van der Waals surface area contributed by atoms with Gasteiger partial charge in [-0.2, -0.15) is 0 Å². The maximum absolute atomic E-state index is 12.2. The van der Waals surface area contributed by atoms with Gasteiger partial charge in [0.05, 0.1) is 0 Å². The zero-order valence-corrected chi connectivity index (χ0v) is 14.5. The molecule has 3 heteroatoms. The Morgan fingerprint density at radius 1 is 1.29 bits per heavy atom. The van der Waals surface area contributed by atoms with Crippen LogP contribution in [0.25, 0.3) is 0 Å². The average Bonchev–Trinajstić information content (AvgIpc) is 2.92.